The van der Waals surface area contributed by atoms with E-state index in [1.165, 1.54) is 64.5 Å². The molecule has 0 amide bonds. The molecule has 0 aromatic carbocycles. The predicted molar refractivity (Wildman–Crippen MR) is 73.1 cm³/mol. The molecular formula is C16H29N. The van der Waals surface area contributed by atoms with Crippen molar-refractivity contribution in [1.29, 1.82) is 0 Å². The fraction of sp³-hybridized carbons (Fsp3) is 1.00. The second-order valence-corrected chi connectivity index (χ2v) is 7.81. The minimum atomic E-state index is 0.535. The smallest absolute Gasteiger partial charge is 0.0181 e. The fourth-order valence-corrected chi connectivity index (χ4v) is 5.03. The Labute approximate surface area is 107 Å². The van der Waals surface area contributed by atoms with Gasteiger partial charge in [-0.15, -0.1) is 0 Å². The number of piperidine rings is 1. The molecule has 5 aliphatic heterocycles. The zero-order valence-electron chi connectivity index (χ0n) is 12.0. The highest BCUT2D eigenvalue weighted by Gasteiger charge is 2.50. The molecule has 0 aromatic heterocycles. The molecule has 0 N–H and O–H groups in total. The number of hydrogen-bond acceptors (Lipinski definition) is 1. The average molecular weight is 235 g/mol. The summed E-state index contributed by atoms with van der Waals surface area (Å²) < 4.78 is 0. The van der Waals surface area contributed by atoms with Crippen LogP contribution in [-0.2, 0) is 0 Å². The average Bonchev–Trinajstić information content (AvgIpc) is 2.36. The largest absolute Gasteiger partial charge is 0.298 e. The Hall–Kier alpha value is -0.0400. The van der Waals surface area contributed by atoms with E-state index < -0.39 is 0 Å². The van der Waals surface area contributed by atoms with Crippen molar-refractivity contribution in [2.75, 3.05) is 13.1 Å². The third-order valence-corrected chi connectivity index (χ3v) is 6.98. The number of hydrogen-bond donors (Lipinski definition) is 0. The molecule has 0 aromatic rings. The molecule has 98 valence electrons. The lowest BCUT2D eigenvalue weighted by atomic mass is 9.57. The molecule has 6 aliphatic rings. The lowest BCUT2D eigenvalue weighted by Gasteiger charge is -2.51. The second kappa shape index (κ2) is 3.73. The van der Waals surface area contributed by atoms with Crippen molar-refractivity contribution in [2.24, 2.45) is 10.8 Å². The Kier molecular flexibility index (Phi) is 2.63. The van der Waals surface area contributed by atoms with E-state index in [0.717, 1.165) is 0 Å². The molecule has 4 bridgehead atoms. The zero-order chi connectivity index (χ0) is 12.1. The summed E-state index contributed by atoms with van der Waals surface area (Å²) in [5.41, 5.74) is 1.79. The van der Waals surface area contributed by atoms with Crippen LogP contribution < -0.4 is 0 Å². The highest BCUT2D eigenvalue weighted by atomic mass is 15.2. The van der Waals surface area contributed by atoms with E-state index in [1.54, 1.807) is 0 Å². The summed E-state index contributed by atoms with van der Waals surface area (Å²) in [5.74, 6) is 0. The van der Waals surface area contributed by atoms with Gasteiger partial charge < -0.3 is 0 Å². The molecule has 5 heterocycles. The highest BCUT2D eigenvalue weighted by Crippen LogP contribution is 2.57. The maximum Gasteiger partial charge on any atom is 0.0181 e. The first-order valence-corrected chi connectivity index (χ1v) is 7.73. The lowest BCUT2D eigenvalue weighted by molar-refractivity contribution is -0.0120. The van der Waals surface area contributed by atoms with Crippen LogP contribution in [0, 0.1) is 10.8 Å². The first-order valence-electron chi connectivity index (χ1n) is 7.73. The van der Waals surface area contributed by atoms with Gasteiger partial charge in [0.05, 0.1) is 0 Å². The van der Waals surface area contributed by atoms with E-state index in [-0.39, 0.29) is 0 Å². The summed E-state index contributed by atoms with van der Waals surface area (Å²) in [4.78, 5) is 2.84. The van der Waals surface area contributed by atoms with Crippen molar-refractivity contribution in [2.45, 2.75) is 77.7 Å². The number of rotatable bonds is 0. The van der Waals surface area contributed by atoms with Gasteiger partial charge in [-0.3, -0.25) is 4.90 Å². The van der Waals surface area contributed by atoms with Crippen LogP contribution in [0.15, 0.2) is 0 Å². The Morgan fingerprint density at radius 3 is 1.65 bits per heavy atom. The minimum Gasteiger partial charge on any atom is -0.298 e. The van der Waals surface area contributed by atoms with Gasteiger partial charge in [0.2, 0.25) is 0 Å². The summed E-state index contributed by atoms with van der Waals surface area (Å²) in [6.45, 7) is 10.5. The van der Waals surface area contributed by atoms with Gasteiger partial charge in [-0.25, -0.2) is 0 Å². The van der Waals surface area contributed by atoms with Crippen molar-refractivity contribution in [1.82, 2.24) is 4.90 Å². The van der Waals surface area contributed by atoms with Crippen LogP contribution in [0.2, 0.25) is 0 Å². The molecule has 0 unspecified atom stereocenters. The summed E-state index contributed by atoms with van der Waals surface area (Å²) >= 11 is 0. The molecule has 17 heavy (non-hydrogen) atoms. The lowest BCUT2D eigenvalue weighted by Crippen LogP contribution is -2.51. The molecular weight excluding hydrogens is 206 g/mol. The van der Waals surface area contributed by atoms with Crippen LogP contribution in [0.25, 0.3) is 0 Å². The Morgan fingerprint density at radius 1 is 0.647 bits per heavy atom. The van der Waals surface area contributed by atoms with Crippen molar-refractivity contribution in [3.63, 3.8) is 0 Å². The van der Waals surface area contributed by atoms with Crippen LogP contribution in [0.4, 0.5) is 0 Å². The van der Waals surface area contributed by atoms with E-state index in [4.69, 9.17) is 0 Å². The van der Waals surface area contributed by atoms with Gasteiger partial charge in [0, 0.05) is 5.54 Å². The van der Waals surface area contributed by atoms with Crippen LogP contribution in [0.3, 0.4) is 0 Å². The van der Waals surface area contributed by atoms with Gasteiger partial charge in [-0.2, -0.15) is 0 Å². The summed E-state index contributed by atoms with van der Waals surface area (Å²) in [7, 11) is 0. The molecule has 0 atom stereocenters. The molecule has 6 fully saturated rings. The Bertz CT molecular complexity index is 289. The van der Waals surface area contributed by atoms with Gasteiger partial charge in [0.1, 0.15) is 0 Å². The van der Waals surface area contributed by atoms with E-state index in [2.05, 4.69) is 25.7 Å². The van der Waals surface area contributed by atoms with Crippen LogP contribution in [0.1, 0.15) is 72.1 Å². The standard InChI is InChI=1S/C16H29N/c1-14-6-4-8-16(3,9-5-7-14)17-12-10-15(14,2)11-13-17/h4-13H2,1-3H3. The third-order valence-electron chi connectivity index (χ3n) is 6.98. The predicted octanol–water partition coefficient (Wildman–Crippen LogP) is 4.22. The van der Waals surface area contributed by atoms with Gasteiger partial charge >= 0.3 is 0 Å². The molecule has 1 nitrogen and oxygen atoms in total. The first kappa shape index (κ1) is 12.0. The van der Waals surface area contributed by atoms with Crippen molar-refractivity contribution in [3.8, 4) is 0 Å². The Morgan fingerprint density at radius 2 is 1.12 bits per heavy atom. The third kappa shape index (κ3) is 1.69. The van der Waals surface area contributed by atoms with E-state index >= 15 is 0 Å². The van der Waals surface area contributed by atoms with Crippen molar-refractivity contribution >= 4 is 0 Å². The van der Waals surface area contributed by atoms with Crippen LogP contribution in [0.5, 0.6) is 0 Å². The van der Waals surface area contributed by atoms with Crippen LogP contribution >= 0.6 is 0 Å². The highest BCUT2D eigenvalue weighted by molar-refractivity contribution is 5.03. The maximum absolute atomic E-state index is 2.84. The summed E-state index contributed by atoms with van der Waals surface area (Å²) in [5, 5.41) is 0. The Balaban J connectivity index is 2.03. The van der Waals surface area contributed by atoms with Crippen molar-refractivity contribution in [3.05, 3.63) is 0 Å². The van der Waals surface area contributed by atoms with Gasteiger partial charge in [-0.1, -0.05) is 26.7 Å². The maximum atomic E-state index is 2.84. The number of nitrogens with zero attached hydrogens (tertiary/aromatic N) is 1. The molecule has 6 rings (SSSR count). The molecule has 0 radical (unpaired) electrons. The summed E-state index contributed by atoms with van der Waals surface area (Å²) in [6.07, 6.45) is 11.6. The monoisotopic (exact) mass is 235 g/mol. The van der Waals surface area contributed by atoms with Gasteiger partial charge in [0.25, 0.3) is 0 Å². The summed E-state index contributed by atoms with van der Waals surface area (Å²) in [6, 6.07) is 0. The minimum absolute atomic E-state index is 0.535. The molecule has 5 saturated heterocycles. The van der Waals surface area contributed by atoms with E-state index in [9.17, 15) is 0 Å². The van der Waals surface area contributed by atoms with Crippen LogP contribution in [-0.4, -0.2) is 23.5 Å². The van der Waals surface area contributed by atoms with Crippen molar-refractivity contribution < 1.29 is 0 Å². The molecule has 1 heteroatoms. The SMILES string of the molecule is CC12CCCC(C)(CCC1)C1(C)CCN2CC1. The van der Waals surface area contributed by atoms with E-state index in [1.807, 2.05) is 0 Å². The first-order chi connectivity index (χ1) is 7.98. The van der Waals surface area contributed by atoms with E-state index in [0.29, 0.717) is 16.4 Å². The molecule has 0 spiro atoms. The second-order valence-electron chi connectivity index (χ2n) is 7.81. The topological polar surface area (TPSA) is 3.24 Å². The zero-order valence-corrected chi connectivity index (χ0v) is 12.0. The quantitative estimate of drug-likeness (QED) is 0.607. The van der Waals surface area contributed by atoms with Gasteiger partial charge in [-0.05, 0) is 69.4 Å². The molecule has 1 saturated carbocycles. The van der Waals surface area contributed by atoms with Gasteiger partial charge in [0.15, 0.2) is 0 Å². The fourth-order valence-electron chi connectivity index (χ4n) is 5.03. The molecule has 1 aliphatic carbocycles. The normalized spacial score (nSPS) is 54.9.